The van der Waals surface area contributed by atoms with Crippen LogP contribution in [-0.4, -0.2) is 56.8 Å². The van der Waals surface area contributed by atoms with Crippen LogP contribution < -0.4 is 11.1 Å². The Kier molecular flexibility index (Phi) is 9.54. The molecule has 1 aliphatic carbocycles. The number of hydrogen-bond acceptors (Lipinski definition) is 3. The normalized spacial score (nSPS) is 21.1. The Morgan fingerprint density at radius 3 is 2.70 bits per heavy atom. The summed E-state index contributed by atoms with van der Waals surface area (Å²) in [6, 6.07) is 0. The van der Waals surface area contributed by atoms with E-state index in [2.05, 4.69) is 15.2 Å². The van der Waals surface area contributed by atoms with Gasteiger partial charge in [-0.15, -0.1) is 24.0 Å². The molecule has 0 atom stereocenters. The summed E-state index contributed by atoms with van der Waals surface area (Å²) >= 11 is 0. The summed E-state index contributed by atoms with van der Waals surface area (Å²) in [5.74, 6) is 1.54. The molecule has 1 aliphatic heterocycles. The van der Waals surface area contributed by atoms with Gasteiger partial charge < -0.3 is 15.8 Å². The van der Waals surface area contributed by atoms with E-state index in [1.54, 1.807) is 0 Å². The second-order valence-corrected chi connectivity index (χ2v) is 5.59. The fourth-order valence-corrected chi connectivity index (χ4v) is 2.56. The second-order valence-electron chi connectivity index (χ2n) is 5.59. The van der Waals surface area contributed by atoms with Gasteiger partial charge in [0.1, 0.15) is 0 Å². The molecule has 0 bridgehead atoms. The van der Waals surface area contributed by atoms with E-state index in [4.69, 9.17) is 10.5 Å². The van der Waals surface area contributed by atoms with E-state index in [1.165, 1.54) is 25.7 Å². The van der Waals surface area contributed by atoms with Crippen molar-refractivity contribution in [1.29, 1.82) is 0 Å². The van der Waals surface area contributed by atoms with Crippen LogP contribution in [0.3, 0.4) is 0 Å². The van der Waals surface area contributed by atoms with Gasteiger partial charge >= 0.3 is 0 Å². The van der Waals surface area contributed by atoms with Gasteiger partial charge in [-0.2, -0.15) is 0 Å². The predicted molar refractivity (Wildman–Crippen MR) is 93.7 cm³/mol. The molecule has 1 heterocycles. The van der Waals surface area contributed by atoms with Crippen LogP contribution >= 0.6 is 24.0 Å². The van der Waals surface area contributed by atoms with E-state index in [0.29, 0.717) is 5.96 Å². The summed E-state index contributed by atoms with van der Waals surface area (Å²) in [6.07, 6.45) is 6.53. The summed E-state index contributed by atoms with van der Waals surface area (Å²) < 4.78 is 5.32. The molecule has 6 heteroatoms. The number of nitrogens with one attached hydrogen (secondary N) is 1. The van der Waals surface area contributed by atoms with Crippen molar-refractivity contribution in [2.45, 2.75) is 32.1 Å². The van der Waals surface area contributed by atoms with Gasteiger partial charge in [0.25, 0.3) is 0 Å². The smallest absolute Gasteiger partial charge is 0.188 e. The van der Waals surface area contributed by atoms with Gasteiger partial charge in [0, 0.05) is 32.7 Å². The summed E-state index contributed by atoms with van der Waals surface area (Å²) in [5, 5.41) is 3.21. The zero-order valence-electron chi connectivity index (χ0n) is 12.4. The van der Waals surface area contributed by atoms with Gasteiger partial charge in [0.05, 0.1) is 13.2 Å². The van der Waals surface area contributed by atoms with Crippen LogP contribution in [-0.2, 0) is 4.74 Å². The Morgan fingerprint density at radius 2 is 2.05 bits per heavy atom. The van der Waals surface area contributed by atoms with Crippen molar-refractivity contribution in [3.63, 3.8) is 0 Å². The van der Waals surface area contributed by atoms with E-state index >= 15 is 0 Å². The van der Waals surface area contributed by atoms with Crippen LogP contribution in [0.1, 0.15) is 32.1 Å². The largest absolute Gasteiger partial charge is 0.379 e. The number of nitrogens with zero attached hydrogens (tertiary/aromatic N) is 2. The molecule has 2 aliphatic rings. The van der Waals surface area contributed by atoms with Crippen molar-refractivity contribution in [3.8, 4) is 0 Å². The van der Waals surface area contributed by atoms with Crippen molar-refractivity contribution in [3.05, 3.63) is 0 Å². The molecule has 0 amide bonds. The highest BCUT2D eigenvalue weighted by Crippen LogP contribution is 2.28. The van der Waals surface area contributed by atoms with Gasteiger partial charge in [-0.1, -0.05) is 19.3 Å². The molecule has 20 heavy (non-hydrogen) atoms. The number of halogens is 1. The van der Waals surface area contributed by atoms with Crippen molar-refractivity contribution in [1.82, 2.24) is 10.2 Å². The van der Waals surface area contributed by atoms with Gasteiger partial charge in [-0.25, -0.2) is 0 Å². The standard InChI is InChI=1S/C14H28N4O.HI/c15-14(17-7-5-13-3-1-4-13)16-6-2-8-18-9-11-19-12-10-18;/h13H,1-12H2,(H3,15,16,17);1H. The number of hydrogen-bond donors (Lipinski definition) is 2. The van der Waals surface area contributed by atoms with E-state index in [-0.39, 0.29) is 24.0 Å². The Hall–Kier alpha value is -0.0800. The highest BCUT2D eigenvalue weighted by atomic mass is 127. The maximum Gasteiger partial charge on any atom is 0.188 e. The van der Waals surface area contributed by atoms with Gasteiger partial charge in [-0.3, -0.25) is 9.89 Å². The van der Waals surface area contributed by atoms with Crippen LogP contribution in [0.4, 0.5) is 0 Å². The number of aliphatic imine (C=N–C) groups is 1. The molecule has 0 aromatic carbocycles. The Balaban J connectivity index is 0.00000200. The first kappa shape index (κ1) is 18.0. The molecule has 1 saturated carbocycles. The van der Waals surface area contributed by atoms with Gasteiger partial charge in [0.15, 0.2) is 5.96 Å². The number of nitrogens with two attached hydrogens (primary N) is 1. The monoisotopic (exact) mass is 396 g/mol. The third-order valence-electron chi connectivity index (χ3n) is 4.10. The summed E-state index contributed by atoms with van der Waals surface area (Å²) in [5.41, 5.74) is 5.84. The van der Waals surface area contributed by atoms with Crippen molar-refractivity contribution in [2.75, 3.05) is 45.9 Å². The molecule has 0 aromatic heterocycles. The minimum atomic E-state index is 0. The first-order valence-electron chi connectivity index (χ1n) is 7.68. The molecule has 0 radical (unpaired) electrons. The first-order chi connectivity index (χ1) is 9.34. The fraction of sp³-hybridized carbons (Fsp3) is 0.929. The molecule has 5 nitrogen and oxygen atoms in total. The zero-order chi connectivity index (χ0) is 13.3. The average molecular weight is 396 g/mol. The quantitative estimate of drug-likeness (QED) is 0.296. The summed E-state index contributed by atoms with van der Waals surface area (Å²) in [6.45, 7) is 6.74. The highest BCUT2D eigenvalue weighted by Gasteiger charge is 2.16. The van der Waals surface area contributed by atoms with Crippen molar-refractivity contribution in [2.24, 2.45) is 16.6 Å². The lowest BCUT2D eigenvalue weighted by atomic mass is 9.83. The minimum Gasteiger partial charge on any atom is -0.379 e. The number of morpholine rings is 1. The Labute approximate surface area is 139 Å². The van der Waals surface area contributed by atoms with Gasteiger partial charge in [0.2, 0.25) is 0 Å². The molecule has 2 rings (SSSR count). The van der Waals surface area contributed by atoms with E-state index in [1.807, 2.05) is 0 Å². The average Bonchev–Trinajstić information content (AvgIpc) is 2.39. The lowest BCUT2D eigenvalue weighted by Gasteiger charge is -2.26. The van der Waals surface area contributed by atoms with E-state index in [0.717, 1.165) is 58.3 Å². The SMILES string of the molecule is I.NC(=NCCCN1CCOCC1)NCCC1CCC1. The highest BCUT2D eigenvalue weighted by molar-refractivity contribution is 14.0. The fourth-order valence-electron chi connectivity index (χ4n) is 2.56. The predicted octanol–water partition coefficient (Wildman–Crippen LogP) is 1.42. The zero-order valence-corrected chi connectivity index (χ0v) is 14.7. The molecule has 0 spiro atoms. The van der Waals surface area contributed by atoms with E-state index < -0.39 is 0 Å². The first-order valence-corrected chi connectivity index (χ1v) is 7.68. The van der Waals surface area contributed by atoms with Gasteiger partial charge in [-0.05, 0) is 18.8 Å². The molecule has 0 unspecified atom stereocenters. The van der Waals surface area contributed by atoms with Crippen LogP contribution in [0.15, 0.2) is 4.99 Å². The molecule has 2 fully saturated rings. The van der Waals surface area contributed by atoms with Crippen LogP contribution in [0.25, 0.3) is 0 Å². The topological polar surface area (TPSA) is 62.9 Å². The van der Waals surface area contributed by atoms with E-state index in [9.17, 15) is 0 Å². The lowest BCUT2D eigenvalue weighted by Crippen LogP contribution is -2.37. The molecule has 1 saturated heterocycles. The molecule has 3 N–H and O–H groups in total. The number of rotatable bonds is 7. The maximum absolute atomic E-state index is 5.84. The molecular weight excluding hydrogens is 367 g/mol. The number of guanidine groups is 1. The van der Waals surface area contributed by atoms with Crippen LogP contribution in [0.2, 0.25) is 0 Å². The minimum absolute atomic E-state index is 0. The third-order valence-corrected chi connectivity index (χ3v) is 4.10. The lowest BCUT2D eigenvalue weighted by molar-refractivity contribution is 0.0377. The molecular formula is C14H29IN4O. The molecule has 0 aromatic rings. The summed E-state index contributed by atoms with van der Waals surface area (Å²) in [7, 11) is 0. The summed E-state index contributed by atoms with van der Waals surface area (Å²) in [4.78, 5) is 6.80. The van der Waals surface area contributed by atoms with Crippen molar-refractivity contribution < 1.29 is 4.74 Å². The number of ether oxygens (including phenoxy) is 1. The van der Waals surface area contributed by atoms with Crippen molar-refractivity contribution >= 4 is 29.9 Å². The third kappa shape index (κ3) is 7.08. The van der Waals surface area contributed by atoms with Crippen LogP contribution in [0, 0.1) is 5.92 Å². The Bertz CT molecular complexity index is 278. The Morgan fingerprint density at radius 1 is 1.30 bits per heavy atom. The second kappa shape index (κ2) is 10.6. The maximum atomic E-state index is 5.84. The van der Waals surface area contributed by atoms with Crippen LogP contribution in [0.5, 0.6) is 0 Å². The molecule has 118 valence electrons.